The molecule has 0 spiro atoms. The molecule has 0 aliphatic rings. The molecule has 0 aromatic heterocycles. The number of carbonyl (C=O) groups is 1. The molecule has 0 fully saturated rings. The fourth-order valence-electron chi connectivity index (χ4n) is 3.74. The number of nitrogens with two attached hydrogens (primary N) is 1. The first kappa shape index (κ1) is 36.7. The van der Waals surface area contributed by atoms with Gasteiger partial charge in [0.2, 0.25) is 0 Å². The maximum absolute atomic E-state index is 12.0. The highest BCUT2D eigenvalue weighted by Crippen LogP contribution is 2.43. The summed E-state index contributed by atoms with van der Waals surface area (Å²) in [5.74, 6) is -1.18. The molecular weight excluding hydrogens is 465 g/mol. The first-order valence-corrected chi connectivity index (χ1v) is 16.1. The van der Waals surface area contributed by atoms with Crippen molar-refractivity contribution in [3.8, 4) is 0 Å². The van der Waals surface area contributed by atoms with Gasteiger partial charge in [-0.2, -0.15) is 0 Å². The van der Waals surface area contributed by atoms with Crippen LogP contribution in [-0.2, 0) is 13.9 Å². The zero-order valence-corrected chi connectivity index (χ0v) is 23.8. The van der Waals surface area contributed by atoms with E-state index in [4.69, 9.17) is 20.5 Å². The van der Waals surface area contributed by atoms with Crippen LogP contribution in [0.1, 0.15) is 142 Å². The average molecular weight is 524 g/mol. The summed E-state index contributed by atoms with van der Waals surface area (Å²) in [5, 5.41) is 15.9. The predicted octanol–water partition coefficient (Wildman–Crippen LogP) is 7.42. The van der Waals surface area contributed by atoms with Crippen LogP contribution in [0.15, 0.2) is 0 Å². The standard InChI is InChI=1S/C24H51O3P.C3H7NO3/c1-3-5-7-9-11-12-13-14-15-16-17-18-19-21-23-27-28(25,26)24-22-20-10-8-6-4-2;4-2(1-5)3(6)7/h3-24H2,1-2H3,(H,25,26);2,5H,1,4H2,(H,6,7)/t;2-/m.0/s1. The molecule has 0 saturated carbocycles. The predicted molar refractivity (Wildman–Crippen MR) is 147 cm³/mol. The van der Waals surface area contributed by atoms with Gasteiger partial charge in [-0.15, -0.1) is 0 Å². The van der Waals surface area contributed by atoms with E-state index >= 15 is 0 Å². The first-order chi connectivity index (χ1) is 16.8. The molecule has 0 aliphatic carbocycles. The van der Waals surface area contributed by atoms with Crippen LogP contribution in [0.4, 0.5) is 0 Å². The van der Waals surface area contributed by atoms with Crippen LogP contribution in [0, 0.1) is 0 Å². The summed E-state index contributed by atoms with van der Waals surface area (Å²) in [6, 6.07) is -1.13. The Morgan fingerprint density at radius 2 is 1.06 bits per heavy atom. The minimum absolute atomic E-state index is 0.331. The Labute approximate surface area is 216 Å². The Bertz CT molecular complexity index is 492. The van der Waals surface area contributed by atoms with Crippen LogP contribution in [0.5, 0.6) is 0 Å². The molecule has 2 atom stereocenters. The number of aliphatic hydroxyl groups is 1. The van der Waals surface area contributed by atoms with E-state index in [0.29, 0.717) is 12.8 Å². The van der Waals surface area contributed by atoms with Crippen molar-refractivity contribution in [2.45, 2.75) is 148 Å². The van der Waals surface area contributed by atoms with Gasteiger partial charge in [-0.25, -0.2) is 0 Å². The largest absolute Gasteiger partial charge is 0.480 e. The smallest absolute Gasteiger partial charge is 0.328 e. The van der Waals surface area contributed by atoms with Crippen molar-refractivity contribution in [1.82, 2.24) is 0 Å². The molecule has 0 rings (SSSR count). The second kappa shape index (κ2) is 28.1. The number of unbranched alkanes of at least 4 members (excludes halogenated alkanes) is 18. The van der Waals surface area contributed by atoms with E-state index < -0.39 is 26.2 Å². The van der Waals surface area contributed by atoms with E-state index in [1.54, 1.807) is 0 Å². The van der Waals surface area contributed by atoms with Crippen molar-refractivity contribution in [3.05, 3.63) is 0 Å². The van der Waals surface area contributed by atoms with Crippen molar-refractivity contribution in [2.24, 2.45) is 5.73 Å². The molecule has 0 heterocycles. The molecule has 0 bridgehead atoms. The van der Waals surface area contributed by atoms with Gasteiger partial charge in [0.1, 0.15) is 6.04 Å². The topological polar surface area (TPSA) is 130 Å². The Balaban J connectivity index is 0. The van der Waals surface area contributed by atoms with E-state index in [9.17, 15) is 14.3 Å². The van der Waals surface area contributed by atoms with E-state index in [2.05, 4.69) is 13.8 Å². The Hall–Kier alpha value is -0.460. The minimum Gasteiger partial charge on any atom is -0.480 e. The summed E-state index contributed by atoms with van der Waals surface area (Å²) >= 11 is 0. The average Bonchev–Trinajstić information content (AvgIpc) is 2.83. The van der Waals surface area contributed by atoms with Crippen molar-refractivity contribution >= 4 is 13.6 Å². The molecular formula is C27H58NO6P. The Morgan fingerprint density at radius 3 is 1.37 bits per heavy atom. The van der Waals surface area contributed by atoms with Gasteiger partial charge in [0, 0.05) is 6.16 Å². The van der Waals surface area contributed by atoms with Gasteiger partial charge < -0.3 is 25.4 Å². The van der Waals surface area contributed by atoms with Crippen LogP contribution in [0.25, 0.3) is 0 Å². The van der Waals surface area contributed by atoms with Gasteiger partial charge in [-0.05, 0) is 12.8 Å². The number of rotatable bonds is 25. The highest BCUT2D eigenvalue weighted by molar-refractivity contribution is 7.52. The molecule has 212 valence electrons. The van der Waals surface area contributed by atoms with Crippen molar-refractivity contribution in [2.75, 3.05) is 19.4 Å². The quantitative estimate of drug-likeness (QED) is 0.0723. The number of carboxylic acid groups (broad SMARTS) is 1. The summed E-state index contributed by atoms with van der Waals surface area (Å²) in [4.78, 5) is 19.5. The second-order valence-corrected chi connectivity index (χ2v) is 11.7. The van der Waals surface area contributed by atoms with Gasteiger partial charge >= 0.3 is 13.6 Å². The molecule has 1 unspecified atom stereocenters. The van der Waals surface area contributed by atoms with Gasteiger partial charge in [0.25, 0.3) is 0 Å². The van der Waals surface area contributed by atoms with E-state index in [1.165, 1.54) is 103 Å². The SMILES string of the molecule is CCCCCCCCCCCCCCCCOP(=O)(O)CCCCCCCC.N[C@@H](CO)C(=O)O. The number of hydrogen-bond acceptors (Lipinski definition) is 5. The van der Waals surface area contributed by atoms with E-state index in [0.717, 1.165) is 25.7 Å². The lowest BCUT2D eigenvalue weighted by Crippen LogP contribution is -2.33. The molecule has 0 radical (unpaired) electrons. The molecule has 0 aromatic rings. The first-order valence-electron chi connectivity index (χ1n) is 14.4. The summed E-state index contributed by atoms with van der Waals surface area (Å²) in [6.45, 7) is 4.42. The minimum atomic E-state index is -3.33. The second-order valence-electron chi connectivity index (χ2n) is 9.69. The third-order valence-corrected chi connectivity index (χ3v) is 7.57. The Kier molecular flexibility index (Phi) is 29.5. The monoisotopic (exact) mass is 523 g/mol. The molecule has 8 heteroatoms. The third kappa shape index (κ3) is 31.5. The molecule has 35 heavy (non-hydrogen) atoms. The van der Waals surface area contributed by atoms with Gasteiger partial charge in [-0.1, -0.05) is 129 Å². The van der Waals surface area contributed by atoms with Crippen molar-refractivity contribution in [3.63, 3.8) is 0 Å². The number of aliphatic hydroxyl groups excluding tert-OH is 1. The zero-order chi connectivity index (χ0) is 26.6. The fraction of sp³-hybridized carbons (Fsp3) is 0.963. The summed E-state index contributed by atoms with van der Waals surface area (Å²) in [5.41, 5.74) is 4.77. The molecule has 0 aromatic carbocycles. The normalized spacial score (nSPS) is 13.6. The highest BCUT2D eigenvalue weighted by Gasteiger charge is 2.17. The third-order valence-electron chi connectivity index (χ3n) is 6.10. The molecule has 0 aliphatic heterocycles. The van der Waals surface area contributed by atoms with Crippen LogP contribution < -0.4 is 5.73 Å². The summed E-state index contributed by atoms with van der Waals surface area (Å²) in [6.07, 6.45) is 25.6. The molecule has 7 nitrogen and oxygen atoms in total. The fourth-order valence-corrected chi connectivity index (χ4v) is 4.91. The number of carboxylic acids is 1. The summed E-state index contributed by atoms with van der Waals surface area (Å²) < 4.78 is 17.2. The molecule has 5 N–H and O–H groups in total. The molecule has 0 saturated heterocycles. The lowest BCUT2D eigenvalue weighted by molar-refractivity contribution is -0.139. The van der Waals surface area contributed by atoms with E-state index in [1.807, 2.05) is 0 Å². The van der Waals surface area contributed by atoms with Crippen LogP contribution in [-0.4, -0.2) is 46.5 Å². The van der Waals surface area contributed by atoms with Gasteiger partial charge in [0.05, 0.1) is 13.2 Å². The molecule has 0 amide bonds. The Morgan fingerprint density at radius 1 is 0.714 bits per heavy atom. The maximum atomic E-state index is 12.0. The van der Waals surface area contributed by atoms with Crippen molar-refractivity contribution < 1.29 is 29.0 Å². The number of aliphatic carboxylic acids is 1. The van der Waals surface area contributed by atoms with Crippen LogP contribution in [0.3, 0.4) is 0 Å². The highest BCUT2D eigenvalue weighted by atomic mass is 31.2. The van der Waals surface area contributed by atoms with Crippen LogP contribution >= 0.6 is 7.60 Å². The van der Waals surface area contributed by atoms with Crippen molar-refractivity contribution in [1.29, 1.82) is 0 Å². The summed E-state index contributed by atoms with van der Waals surface area (Å²) in [7, 11) is -3.33. The maximum Gasteiger partial charge on any atom is 0.328 e. The number of hydrogen-bond donors (Lipinski definition) is 4. The van der Waals surface area contributed by atoms with Gasteiger partial charge in [0.15, 0.2) is 0 Å². The van der Waals surface area contributed by atoms with E-state index in [-0.39, 0.29) is 0 Å². The lowest BCUT2D eigenvalue weighted by atomic mass is 10.0. The van der Waals surface area contributed by atoms with Gasteiger partial charge in [-0.3, -0.25) is 9.36 Å². The lowest BCUT2D eigenvalue weighted by Gasteiger charge is -2.12. The van der Waals surface area contributed by atoms with Crippen LogP contribution in [0.2, 0.25) is 0 Å². The zero-order valence-electron chi connectivity index (χ0n) is 22.9.